The number of hydrogen-bond donors (Lipinski definition) is 2. The molecule has 1 aromatic heterocycles. The number of aryl methyl sites for hydroxylation is 1. The summed E-state index contributed by atoms with van der Waals surface area (Å²) in [5, 5.41) is 9.37. The van der Waals surface area contributed by atoms with Gasteiger partial charge in [-0.05, 0) is 24.3 Å². The van der Waals surface area contributed by atoms with Crippen molar-refractivity contribution < 1.29 is 17.9 Å². The van der Waals surface area contributed by atoms with Crippen molar-refractivity contribution in [2.45, 2.75) is 4.90 Å². The van der Waals surface area contributed by atoms with E-state index >= 15 is 0 Å². The zero-order valence-corrected chi connectivity index (χ0v) is 12.3. The summed E-state index contributed by atoms with van der Waals surface area (Å²) < 4.78 is 33.3. The number of rotatable bonds is 3. The van der Waals surface area contributed by atoms with Crippen molar-refractivity contribution >= 4 is 26.8 Å². The van der Waals surface area contributed by atoms with Crippen molar-refractivity contribution in [3.05, 3.63) is 53.0 Å². The van der Waals surface area contributed by atoms with E-state index in [2.05, 4.69) is 4.72 Å². The average Bonchev–Trinajstić information content (AvgIpc) is 2.73. The third-order valence-electron chi connectivity index (χ3n) is 3.17. The molecule has 0 aliphatic heterocycles. The molecule has 3 aromatic rings. The van der Waals surface area contributed by atoms with Gasteiger partial charge in [-0.25, -0.2) is 13.2 Å². The maximum Gasteiger partial charge on any atom is 0.419 e. The van der Waals surface area contributed by atoms with Gasteiger partial charge >= 0.3 is 5.76 Å². The van der Waals surface area contributed by atoms with E-state index in [0.717, 1.165) is 0 Å². The SMILES string of the molecule is Cn1c(=O)oc2cc(S(=O)(=O)Nc3cccc(O)c3)ccc21. The van der Waals surface area contributed by atoms with E-state index < -0.39 is 15.8 Å². The van der Waals surface area contributed by atoms with Crippen LogP contribution in [0, 0.1) is 0 Å². The van der Waals surface area contributed by atoms with Gasteiger partial charge in [-0.2, -0.15) is 0 Å². The number of hydrogen-bond acceptors (Lipinski definition) is 5. The zero-order chi connectivity index (χ0) is 15.9. The van der Waals surface area contributed by atoms with Crippen LogP contribution in [0.5, 0.6) is 5.75 Å². The Hall–Kier alpha value is -2.74. The Labute approximate surface area is 125 Å². The van der Waals surface area contributed by atoms with Crippen molar-refractivity contribution in [1.29, 1.82) is 0 Å². The second-order valence-electron chi connectivity index (χ2n) is 4.71. The smallest absolute Gasteiger partial charge is 0.419 e. The Morgan fingerprint density at radius 2 is 1.95 bits per heavy atom. The zero-order valence-electron chi connectivity index (χ0n) is 11.5. The first-order valence-electron chi connectivity index (χ1n) is 6.28. The number of aromatic hydroxyl groups is 1. The van der Waals surface area contributed by atoms with Crippen LogP contribution in [-0.2, 0) is 17.1 Å². The lowest BCUT2D eigenvalue weighted by Crippen LogP contribution is -2.12. The largest absolute Gasteiger partial charge is 0.508 e. The molecule has 0 aliphatic rings. The lowest BCUT2D eigenvalue weighted by Gasteiger charge is -2.08. The molecule has 114 valence electrons. The summed E-state index contributed by atoms with van der Waals surface area (Å²) in [5.41, 5.74) is 0.919. The van der Waals surface area contributed by atoms with E-state index in [9.17, 15) is 18.3 Å². The molecule has 7 nitrogen and oxygen atoms in total. The van der Waals surface area contributed by atoms with Gasteiger partial charge in [0.1, 0.15) is 5.75 Å². The first-order chi connectivity index (χ1) is 10.4. The summed E-state index contributed by atoms with van der Waals surface area (Å²) in [7, 11) is -2.32. The molecule has 0 amide bonds. The number of sulfonamides is 1. The molecule has 22 heavy (non-hydrogen) atoms. The van der Waals surface area contributed by atoms with Gasteiger partial charge in [0.25, 0.3) is 10.0 Å². The van der Waals surface area contributed by atoms with Crippen LogP contribution in [0.4, 0.5) is 5.69 Å². The van der Waals surface area contributed by atoms with Crippen molar-refractivity contribution in [3.8, 4) is 5.75 Å². The Bertz CT molecular complexity index is 1020. The molecule has 0 saturated heterocycles. The quantitative estimate of drug-likeness (QED) is 0.764. The molecule has 0 fully saturated rings. The molecule has 2 N–H and O–H groups in total. The summed E-state index contributed by atoms with van der Waals surface area (Å²) in [6.07, 6.45) is 0. The average molecular weight is 320 g/mol. The van der Waals surface area contributed by atoms with Gasteiger partial charge in [-0.3, -0.25) is 9.29 Å². The van der Waals surface area contributed by atoms with E-state index in [1.54, 1.807) is 0 Å². The Kier molecular flexibility index (Phi) is 3.18. The summed E-state index contributed by atoms with van der Waals surface area (Å²) in [5.74, 6) is -0.616. The Morgan fingerprint density at radius 1 is 1.18 bits per heavy atom. The highest BCUT2D eigenvalue weighted by molar-refractivity contribution is 7.92. The first kappa shape index (κ1) is 14.2. The van der Waals surface area contributed by atoms with E-state index in [1.807, 2.05) is 0 Å². The molecule has 0 spiro atoms. The number of aromatic nitrogens is 1. The number of phenols is 1. The number of oxazole rings is 1. The fourth-order valence-corrected chi connectivity index (χ4v) is 3.13. The van der Waals surface area contributed by atoms with Crippen LogP contribution in [0.2, 0.25) is 0 Å². The van der Waals surface area contributed by atoms with Crippen LogP contribution >= 0.6 is 0 Å². The second kappa shape index (κ2) is 4.92. The lowest BCUT2D eigenvalue weighted by atomic mass is 10.3. The van der Waals surface area contributed by atoms with E-state index in [4.69, 9.17) is 4.42 Å². The highest BCUT2D eigenvalue weighted by atomic mass is 32.2. The van der Waals surface area contributed by atoms with Gasteiger partial charge in [-0.15, -0.1) is 0 Å². The molecule has 0 bridgehead atoms. The molecule has 0 radical (unpaired) electrons. The van der Waals surface area contributed by atoms with Crippen LogP contribution in [0.15, 0.2) is 56.6 Å². The van der Waals surface area contributed by atoms with Crippen molar-refractivity contribution in [2.75, 3.05) is 4.72 Å². The van der Waals surface area contributed by atoms with Gasteiger partial charge in [0.05, 0.1) is 16.1 Å². The number of benzene rings is 2. The molecule has 3 rings (SSSR count). The van der Waals surface area contributed by atoms with Gasteiger partial charge in [0.15, 0.2) is 5.58 Å². The highest BCUT2D eigenvalue weighted by Gasteiger charge is 2.17. The molecule has 0 saturated carbocycles. The molecule has 2 aromatic carbocycles. The monoisotopic (exact) mass is 320 g/mol. The summed E-state index contributed by atoms with van der Waals surface area (Å²) >= 11 is 0. The fraction of sp³-hybridized carbons (Fsp3) is 0.0714. The predicted molar refractivity (Wildman–Crippen MR) is 80.4 cm³/mol. The maximum atomic E-state index is 12.3. The third-order valence-corrected chi connectivity index (χ3v) is 4.55. The lowest BCUT2D eigenvalue weighted by molar-refractivity contribution is 0.475. The van der Waals surface area contributed by atoms with E-state index in [0.29, 0.717) is 5.52 Å². The van der Waals surface area contributed by atoms with Crippen LogP contribution in [0.1, 0.15) is 0 Å². The predicted octanol–water partition coefficient (Wildman–Crippen LogP) is 1.64. The fourth-order valence-electron chi connectivity index (χ4n) is 2.06. The summed E-state index contributed by atoms with van der Waals surface area (Å²) in [6.45, 7) is 0. The number of nitrogens with one attached hydrogen (secondary N) is 1. The molecule has 8 heteroatoms. The van der Waals surface area contributed by atoms with Crippen LogP contribution < -0.4 is 10.5 Å². The van der Waals surface area contributed by atoms with Crippen LogP contribution in [0.25, 0.3) is 11.1 Å². The molecule has 0 unspecified atom stereocenters. The topological polar surface area (TPSA) is 102 Å². The van der Waals surface area contributed by atoms with Crippen LogP contribution in [0.3, 0.4) is 0 Å². The minimum Gasteiger partial charge on any atom is -0.508 e. The van der Waals surface area contributed by atoms with Crippen molar-refractivity contribution in [3.63, 3.8) is 0 Å². The minimum atomic E-state index is -3.86. The number of nitrogens with zero attached hydrogens (tertiary/aromatic N) is 1. The molecular weight excluding hydrogens is 308 g/mol. The van der Waals surface area contributed by atoms with Crippen molar-refractivity contribution in [1.82, 2.24) is 4.57 Å². The molecular formula is C14H12N2O5S. The van der Waals surface area contributed by atoms with Gasteiger partial charge in [0, 0.05) is 19.2 Å². The van der Waals surface area contributed by atoms with E-state index in [-0.39, 0.29) is 21.9 Å². The summed E-state index contributed by atoms with van der Waals surface area (Å²) in [6, 6.07) is 9.91. The van der Waals surface area contributed by atoms with Gasteiger partial charge < -0.3 is 9.52 Å². The Balaban J connectivity index is 2.03. The second-order valence-corrected chi connectivity index (χ2v) is 6.39. The normalized spacial score (nSPS) is 11.7. The number of fused-ring (bicyclic) bond motifs is 1. The summed E-state index contributed by atoms with van der Waals surface area (Å²) in [4.78, 5) is 11.4. The first-order valence-corrected chi connectivity index (χ1v) is 7.76. The number of anilines is 1. The standard InChI is InChI=1S/C14H12N2O5S/c1-16-12-6-5-11(8-13(12)21-14(16)18)22(19,20)15-9-3-2-4-10(17)7-9/h2-8,15,17H,1H3. The Morgan fingerprint density at radius 3 is 2.68 bits per heavy atom. The maximum absolute atomic E-state index is 12.3. The van der Waals surface area contributed by atoms with Crippen molar-refractivity contribution in [2.24, 2.45) is 7.05 Å². The molecule has 0 atom stereocenters. The third kappa shape index (κ3) is 2.44. The highest BCUT2D eigenvalue weighted by Crippen LogP contribution is 2.22. The van der Waals surface area contributed by atoms with Gasteiger partial charge in [0.2, 0.25) is 0 Å². The van der Waals surface area contributed by atoms with Gasteiger partial charge in [-0.1, -0.05) is 6.07 Å². The van der Waals surface area contributed by atoms with Crippen LogP contribution in [-0.4, -0.2) is 18.1 Å². The number of phenolic OH excluding ortho intramolecular Hbond substituents is 1. The molecule has 1 heterocycles. The molecule has 0 aliphatic carbocycles. The van der Waals surface area contributed by atoms with E-state index in [1.165, 1.54) is 54.1 Å². The minimum absolute atomic E-state index is 0.0438.